The van der Waals surface area contributed by atoms with E-state index in [4.69, 9.17) is 0 Å². The van der Waals surface area contributed by atoms with Crippen LogP contribution in [0.5, 0.6) is 0 Å². The summed E-state index contributed by atoms with van der Waals surface area (Å²) < 4.78 is 1.99. The Hall–Kier alpha value is -1.72. The first-order valence-electron chi connectivity index (χ1n) is 8.63. The van der Waals surface area contributed by atoms with Gasteiger partial charge in [0, 0.05) is 44.1 Å². The van der Waals surface area contributed by atoms with E-state index in [2.05, 4.69) is 21.0 Å². The van der Waals surface area contributed by atoms with Crippen molar-refractivity contribution in [1.82, 2.24) is 19.7 Å². The maximum atomic E-state index is 10.8. The quantitative estimate of drug-likeness (QED) is 0.945. The second-order valence-corrected chi connectivity index (χ2v) is 6.97. The molecule has 0 spiro atoms. The number of aliphatic hydroxyl groups is 1. The molecule has 1 aliphatic heterocycles. The minimum atomic E-state index is -0.403. The van der Waals surface area contributed by atoms with E-state index in [-0.39, 0.29) is 0 Å². The molecule has 122 valence electrons. The van der Waals surface area contributed by atoms with E-state index in [9.17, 15) is 5.11 Å². The smallest absolute Gasteiger partial charge is 0.0700 e. The molecule has 23 heavy (non-hydrogen) atoms. The van der Waals surface area contributed by atoms with Crippen LogP contribution < -0.4 is 0 Å². The predicted molar refractivity (Wildman–Crippen MR) is 88.2 cm³/mol. The molecule has 0 radical (unpaired) electrons. The number of rotatable bonds is 3. The Morgan fingerprint density at radius 1 is 1.13 bits per heavy atom. The lowest BCUT2D eigenvalue weighted by atomic mass is 9.71. The van der Waals surface area contributed by atoms with Crippen molar-refractivity contribution in [2.45, 2.75) is 44.2 Å². The molecule has 0 bridgehead atoms. The second-order valence-electron chi connectivity index (χ2n) is 6.97. The van der Waals surface area contributed by atoms with Crippen LogP contribution in [0.2, 0.25) is 0 Å². The first kappa shape index (κ1) is 14.8. The minimum Gasteiger partial charge on any atom is -0.390 e. The summed E-state index contributed by atoms with van der Waals surface area (Å²) in [4.78, 5) is 6.55. The van der Waals surface area contributed by atoms with E-state index in [1.165, 1.54) is 18.5 Å². The van der Waals surface area contributed by atoms with Crippen molar-refractivity contribution in [1.29, 1.82) is 0 Å². The van der Waals surface area contributed by atoms with Crippen molar-refractivity contribution in [3.05, 3.63) is 42.5 Å². The summed E-state index contributed by atoms with van der Waals surface area (Å²) in [5.74, 6) is 0.433. The average molecular weight is 312 g/mol. The Morgan fingerprint density at radius 2 is 2.00 bits per heavy atom. The average Bonchev–Trinajstić information content (AvgIpc) is 3.04. The number of fused-ring (bicyclic) bond motifs is 1. The zero-order chi connectivity index (χ0) is 15.7. The van der Waals surface area contributed by atoms with Crippen molar-refractivity contribution < 1.29 is 5.11 Å². The molecule has 0 amide bonds. The van der Waals surface area contributed by atoms with Gasteiger partial charge in [0.2, 0.25) is 0 Å². The Kier molecular flexibility index (Phi) is 3.91. The lowest BCUT2D eigenvalue weighted by Crippen LogP contribution is -2.53. The highest BCUT2D eigenvalue weighted by Gasteiger charge is 2.42. The van der Waals surface area contributed by atoms with Crippen LogP contribution in [0, 0.1) is 5.92 Å². The maximum Gasteiger partial charge on any atom is 0.0700 e. The van der Waals surface area contributed by atoms with Gasteiger partial charge in [-0.3, -0.25) is 9.88 Å². The number of likely N-dealkylation sites (tertiary alicyclic amines) is 1. The molecule has 0 aromatic carbocycles. The Labute approximate surface area is 137 Å². The summed E-state index contributed by atoms with van der Waals surface area (Å²) in [5.41, 5.74) is 1.84. The van der Waals surface area contributed by atoms with Crippen LogP contribution in [0.15, 0.2) is 36.8 Å². The van der Waals surface area contributed by atoms with E-state index in [0.717, 1.165) is 44.6 Å². The van der Waals surface area contributed by atoms with Gasteiger partial charge < -0.3 is 5.11 Å². The largest absolute Gasteiger partial charge is 0.390 e. The molecule has 2 aromatic rings. The Bertz CT molecular complexity index is 656. The summed E-state index contributed by atoms with van der Waals surface area (Å²) in [6.07, 6.45) is 10.9. The third kappa shape index (κ3) is 2.91. The first-order valence-corrected chi connectivity index (χ1v) is 8.63. The molecule has 5 nitrogen and oxygen atoms in total. The summed E-state index contributed by atoms with van der Waals surface area (Å²) in [6.45, 7) is 2.85. The van der Waals surface area contributed by atoms with Crippen LogP contribution in [0.25, 0.3) is 5.69 Å². The van der Waals surface area contributed by atoms with Crippen LogP contribution >= 0.6 is 0 Å². The van der Waals surface area contributed by atoms with Gasteiger partial charge >= 0.3 is 0 Å². The van der Waals surface area contributed by atoms with E-state index in [1.54, 1.807) is 12.4 Å². The molecule has 2 unspecified atom stereocenters. The van der Waals surface area contributed by atoms with Gasteiger partial charge in [-0.2, -0.15) is 5.10 Å². The highest BCUT2D eigenvalue weighted by atomic mass is 16.3. The molecule has 1 saturated carbocycles. The fourth-order valence-electron chi connectivity index (χ4n) is 4.18. The Morgan fingerprint density at radius 3 is 2.87 bits per heavy atom. The van der Waals surface area contributed by atoms with Crippen molar-refractivity contribution in [2.75, 3.05) is 13.1 Å². The van der Waals surface area contributed by atoms with Gasteiger partial charge in [-0.1, -0.05) is 12.8 Å². The summed E-state index contributed by atoms with van der Waals surface area (Å²) in [7, 11) is 0. The van der Waals surface area contributed by atoms with E-state index < -0.39 is 5.60 Å². The van der Waals surface area contributed by atoms with Gasteiger partial charge in [0.15, 0.2) is 0 Å². The van der Waals surface area contributed by atoms with Gasteiger partial charge in [-0.15, -0.1) is 0 Å². The SMILES string of the molecule is OC12CCCCC1CN(Cc1ccnn1-c1ccncc1)CC2. The molecule has 1 aliphatic carbocycles. The van der Waals surface area contributed by atoms with Crippen molar-refractivity contribution in [2.24, 2.45) is 5.92 Å². The van der Waals surface area contributed by atoms with Gasteiger partial charge in [0.05, 0.1) is 17.0 Å². The standard InChI is InChI=1S/C18H24N4O/c23-18-7-2-1-3-15(18)13-21(12-8-18)14-17-6-11-20-22(17)16-4-9-19-10-5-16/h4-6,9-11,15,23H,1-3,7-8,12-14H2. The Balaban J connectivity index is 1.49. The predicted octanol–water partition coefficient (Wildman–Crippen LogP) is 2.39. The minimum absolute atomic E-state index is 0.403. The topological polar surface area (TPSA) is 54.2 Å². The zero-order valence-corrected chi connectivity index (χ0v) is 13.4. The molecule has 2 fully saturated rings. The number of pyridine rings is 1. The monoisotopic (exact) mass is 312 g/mol. The van der Waals surface area contributed by atoms with Crippen LogP contribution in [0.3, 0.4) is 0 Å². The van der Waals surface area contributed by atoms with E-state index >= 15 is 0 Å². The fourth-order valence-corrected chi connectivity index (χ4v) is 4.18. The molecule has 4 rings (SSSR count). The van der Waals surface area contributed by atoms with Crippen molar-refractivity contribution in [3.63, 3.8) is 0 Å². The lowest BCUT2D eigenvalue weighted by molar-refractivity contribution is -0.0970. The number of piperidine rings is 1. The number of hydrogen-bond acceptors (Lipinski definition) is 4. The summed E-state index contributed by atoms with van der Waals surface area (Å²) in [5, 5.41) is 15.3. The third-order valence-electron chi connectivity index (χ3n) is 5.53. The van der Waals surface area contributed by atoms with Crippen molar-refractivity contribution >= 4 is 0 Å². The molecule has 2 aliphatic rings. The van der Waals surface area contributed by atoms with Gasteiger partial charge in [-0.25, -0.2) is 4.68 Å². The van der Waals surface area contributed by atoms with Crippen LogP contribution in [-0.4, -0.2) is 43.5 Å². The van der Waals surface area contributed by atoms with Gasteiger partial charge in [0.1, 0.15) is 0 Å². The summed E-state index contributed by atoms with van der Waals surface area (Å²) in [6, 6.07) is 6.04. The molecule has 2 atom stereocenters. The molecule has 5 heteroatoms. The highest BCUT2D eigenvalue weighted by Crippen LogP contribution is 2.40. The normalized spacial score (nSPS) is 28.5. The highest BCUT2D eigenvalue weighted by molar-refractivity contribution is 5.30. The van der Waals surface area contributed by atoms with E-state index in [0.29, 0.717) is 5.92 Å². The van der Waals surface area contributed by atoms with Gasteiger partial charge in [-0.05, 0) is 37.5 Å². The number of nitrogens with zero attached hydrogens (tertiary/aromatic N) is 4. The first-order chi connectivity index (χ1) is 11.2. The van der Waals surface area contributed by atoms with Crippen LogP contribution in [0.4, 0.5) is 0 Å². The second kappa shape index (κ2) is 6.06. The third-order valence-corrected chi connectivity index (χ3v) is 5.53. The van der Waals surface area contributed by atoms with Crippen LogP contribution in [-0.2, 0) is 6.54 Å². The maximum absolute atomic E-state index is 10.8. The lowest BCUT2D eigenvalue weighted by Gasteiger charge is -2.47. The molecule has 3 heterocycles. The molecule has 1 N–H and O–H groups in total. The number of aromatic nitrogens is 3. The van der Waals surface area contributed by atoms with Gasteiger partial charge in [0.25, 0.3) is 0 Å². The number of hydrogen-bond donors (Lipinski definition) is 1. The molecular formula is C18H24N4O. The van der Waals surface area contributed by atoms with E-state index in [1.807, 2.05) is 23.0 Å². The van der Waals surface area contributed by atoms with Crippen LogP contribution in [0.1, 0.15) is 37.8 Å². The molecule has 2 aromatic heterocycles. The molecular weight excluding hydrogens is 288 g/mol. The fraction of sp³-hybridized carbons (Fsp3) is 0.556. The summed E-state index contributed by atoms with van der Waals surface area (Å²) >= 11 is 0. The molecule has 1 saturated heterocycles. The van der Waals surface area contributed by atoms with Crippen molar-refractivity contribution in [3.8, 4) is 5.69 Å². The zero-order valence-electron chi connectivity index (χ0n) is 13.4.